The first kappa shape index (κ1) is 13.2. The van der Waals surface area contributed by atoms with Gasteiger partial charge in [0.2, 0.25) is 5.88 Å². The number of hydrogen-bond acceptors (Lipinski definition) is 4. The number of alkyl halides is 3. The minimum atomic E-state index is -4.48. The van der Waals surface area contributed by atoms with Gasteiger partial charge >= 0.3 is 6.18 Å². The molecule has 2 aromatic heterocycles. The topological polar surface area (TPSA) is 66.0 Å². The molecule has 2 aromatic rings. The van der Waals surface area contributed by atoms with Crippen LogP contribution in [0.4, 0.5) is 18.9 Å². The van der Waals surface area contributed by atoms with Crippen molar-refractivity contribution in [3.8, 4) is 11.7 Å². The molecule has 0 aliphatic rings. The Hall–Kier alpha value is -2.25. The number of anilines is 1. The first-order valence-electron chi connectivity index (χ1n) is 5.44. The van der Waals surface area contributed by atoms with Crippen LogP contribution in [0.1, 0.15) is 12.6 Å². The number of nitrogens with zero attached hydrogens (tertiary/aromatic N) is 3. The third kappa shape index (κ3) is 2.78. The standard InChI is InChI=1S/C11H11F3N4O/c1-2-19-10-7(15)3-4-9(16-10)18-6-5-8(17-18)11(12,13)14/h3-6H,2,15H2,1H3. The molecule has 0 bridgehead atoms. The number of halogens is 3. The minimum absolute atomic E-state index is 0.170. The summed E-state index contributed by atoms with van der Waals surface area (Å²) in [4.78, 5) is 4.01. The lowest BCUT2D eigenvalue weighted by Gasteiger charge is -2.08. The van der Waals surface area contributed by atoms with Crippen LogP contribution in [0.2, 0.25) is 0 Å². The molecule has 2 heterocycles. The largest absolute Gasteiger partial charge is 0.476 e. The molecule has 0 saturated heterocycles. The maximum atomic E-state index is 12.4. The average molecular weight is 272 g/mol. The highest BCUT2D eigenvalue weighted by Crippen LogP contribution is 2.28. The minimum Gasteiger partial charge on any atom is -0.476 e. The van der Waals surface area contributed by atoms with Crippen molar-refractivity contribution in [2.75, 3.05) is 12.3 Å². The van der Waals surface area contributed by atoms with Crippen LogP contribution in [-0.2, 0) is 6.18 Å². The number of rotatable bonds is 3. The van der Waals surface area contributed by atoms with E-state index in [2.05, 4.69) is 10.1 Å². The molecular weight excluding hydrogens is 261 g/mol. The molecule has 2 rings (SSSR count). The van der Waals surface area contributed by atoms with Crippen LogP contribution in [0.25, 0.3) is 5.82 Å². The van der Waals surface area contributed by atoms with Gasteiger partial charge in [0, 0.05) is 6.20 Å². The van der Waals surface area contributed by atoms with Crippen molar-refractivity contribution in [2.45, 2.75) is 13.1 Å². The van der Waals surface area contributed by atoms with E-state index in [9.17, 15) is 13.2 Å². The van der Waals surface area contributed by atoms with Crippen LogP contribution >= 0.6 is 0 Å². The Morgan fingerprint density at radius 1 is 1.32 bits per heavy atom. The number of ether oxygens (including phenoxy) is 1. The van der Waals surface area contributed by atoms with E-state index in [1.54, 1.807) is 6.92 Å². The molecule has 0 unspecified atom stereocenters. The predicted molar refractivity (Wildman–Crippen MR) is 61.9 cm³/mol. The zero-order valence-corrected chi connectivity index (χ0v) is 9.98. The van der Waals surface area contributed by atoms with Crippen LogP contribution in [0.3, 0.4) is 0 Å². The predicted octanol–water partition coefficient (Wildman–Crippen LogP) is 2.27. The summed E-state index contributed by atoms with van der Waals surface area (Å²) in [5.74, 6) is 0.372. The van der Waals surface area contributed by atoms with Gasteiger partial charge in [0.15, 0.2) is 11.5 Å². The van der Waals surface area contributed by atoms with Gasteiger partial charge in [0.05, 0.1) is 12.3 Å². The number of aromatic nitrogens is 3. The van der Waals surface area contributed by atoms with E-state index in [0.29, 0.717) is 12.3 Å². The Morgan fingerprint density at radius 3 is 2.63 bits per heavy atom. The summed E-state index contributed by atoms with van der Waals surface area (Å²) in [6, 6.07) is 3.84. The maximum Gasteiger partial charge on any atom is 0.435 e. The fraction of sp³-hybridized carbons (Fsp3) is 0.273. The molecule has 19 heavy (non-hydrogen) atoms. The van der Waals surface area contributed by atoms with Crippen molar-refractivity contribution in [3.05, 3.63) is 30.1 Å². The van der Waals surface area contributed by atoms with Crippen LogP contribution in [0, 0.1) is 0 Å². The summed E-state index contributed by atoms with van der Waals surface area (Å²) < 4.78 is 43.5. The van der Waals surface area contributed by atoms with Crippen molar-refractivity contribution in [3.63, 3.8) is 0 Å². The van der Waals surface area contributed by atoms with Gasteiger partial charge in [-0.05, 0) is 25.1 Å². The van der Waals surface area contributed by atoms with Crippen molar-refractivity contribution in [1.29, 1.82) is 0 Å². The van der Waals surface area contributed by atoms with E-state index in [1.165, 1.54) is 18.3 Å². The molecule has 0 spiro atoms. The van der Waals surface area contributed by atoms with E-state index in [1.807, 2.05) is 0 Å². The highest BCUT2D eigenvalue weighted by molar-refractivity contribution is 5.50. The van der Waals surface area contributed by atoms with E-state index in [-0.39, 0.29) is 11.7 Å². The normalized spacial score (nSPS) is 11.6. The van der Waals surface area contributed by atoms with Gasteiger partial charge in [-0.25, -0.2) is 4.68 Å². The second kappa shape index (κ2) is 4.79. The first-order chi connectivity index (χ1) is 8.91. The molecular formula is C11H11F3N4O. The number of hydrogen-bond donors (Lipinski definition) is 1. The van der Waals surface area contributed by atoms with E-state index >= 15 is 0 Å². The first-order valence-corrected chi connectivity index (χ1v) is 5.44. The molecule has 0 atom stereocenters. The Morgan fingerprint density at radius 2 is 2.05 bits per heavy atom. The summed E-state index contributed by atoms with van der Waals surface area (Å²) in [6.07, 6.45) is -3.31. The summed E-state index contributed by atoms with van der Waals surface area (Å²) in [6.45, 7) is 2.11. The van der Waals surface area contributed by atoms with E-state index in [0.717, 1.165) is 10.7 Å². The van der Waals surface area contributed by atoms with Crippen LogP contribution in [0.5, 0.6) is 5.88 Å². The Labute approximate surface area is 106 Å². The molecule has 8 heteroatoms. The van der Waals surface area contributed by atoms with Gasteiger partial charge in [-0.2, -0.15) is 23.3 Å². The van der Waals surface area contributed by atoms with E-state index in [4.69, 9.17) is 10.5 Å². The van der Waals surface area contributed by atoms with Crippen LogP contribution < -0.4 is 10.5 Å². The fourth-order valence-electron chi connectivity index (χ4n) is 1.42. The van der Waals surface area contributed by atoms with Crippen LogP contribution in [-0.4, -0.2) is 21.4 Å². The zero-order chi connectivity index (χ0) is 14.0. The molecule has 102 valence electrons. The molecule has 0 aliphatic carbocycles. The summed E-state index contributed by atoms with van der Waals surface area (Å²) in [5.41, 5.74) is 4.96. The van der Waals surface area contributed by atoms with Gasteiger partial charge in [0.1, 0.15) is 0 Å². The fourth-order valence-corrected chi connectivity index (χ4v) is 1.42. The molecule has 0 aromatic carbocycles. The lowest BCUT2D eigenvalue weighted by Crippen LogP contribution is -2.08. The molecule has 2 N–H and O–H groups in total. The molecule has 0 amide bonds. The van der Waals surface area contributed by atoms with Gasteiger partial charge in [-0.3, -0.25) is 0 Å². The van der Waals surface area contributed by atoms with E-state index < -0.39 is 11.9 Å². The third-order valence-corrected chi connectivity index (χ3v) is 2.27. The second-order valence-corrected chi connectivity index (χ2v) is 3.64. The number of nitrogen functional groups attached to an aromatic ring is 1. The zero-order valence-electron chi connectivity index (χ0n) is 9.98. The summed E-state index contributed by atoms with van der Waals surface area (Å²) in [7, 11) is 0. The van der Waals surface area contributed by atoms with Gasteiger partial charge in [-0.15, -0.1) is 0 Å². The molecule has 0 fully saturated rings. The highest BCUT2D eigenvalue weighted by Gasteiger charge is 2.33. The van der Waals surface area contributed by atoms with Gasteiger partial charge in [-0.1, -0.05) is 0 Å². The highest BCUT2D eigenvalue weighted by atomic mass is 19.4. The lowest BCUT2D eigenvalue weighted by molar-refractivity contribution is -0.141. The summed E-state index contributed by atoms with van der Waals surface area (Å²) in [5, 5.41) is 3.42. The van der Waals surface area contributed by atoms with Gasteiger partial charge in [0.25, 0.3) is 0 Å². The van der Waals surface area contributed by atoms with Crippen molar-refractivity contribution in [1.82, 2.24) is 14.8 Å². The Bertz CT molecular complexity index is 580. The quantitative estimate of drug-likeness (QED) is 0.930. The monoisotopic (exact) mass is 272 g/mol. The molecule has 0 saturated carbocycles. The average Bonchev–Trinajstić information content (AvgIpc) is 2.81. The molecule has 0 aliphatic heterocycles. The summed E-state index contributed by atoms with van der Waals surface area (Å²) >= 11 is 0. The molecule has 0 radical (unpaired) electrons. The van der Waals surface area contributed by atoms with Crippen molar-refractivity contribution < 1.29 is 17.9 Å². The van der Waals surface area contributed by atoms with Gasteiger partial charge < -0.3 is 10.5 Å². The van der Waals surface area contributed by atoms with Crippen molar-refractivity contribution >= 4 is 5.69 Å². The SMILES string of the molecule is CCOc1nc(-n2ccc(C(F)(F)F)n2)ccc1N. The maximum absolute atomic E-state index is 12.4. The lowest BCUT2D eigenvalue weighted by atomic mass is 10.4. The number of pyridine rings is 1. The number of nitrogens with two attached hydrogens (primary N) is 1. The smallest absolute Gasteiger partial charge is 0.435 e. The second-order valence-electron chi connectivity index (χ2n) is 3.64. The Kier molecular flexibility index (Phi) is 3.32. The molecule has 5 nitrogen and oxygen atoms in total. The third-order valence-electron chi connectivity index (χ3n) is 2.27. The Balaban J connectivity index is 2.36. The van der Waals surface area contributed by atoms with Crippen LogP contribution in [0.15, 0.2) is 24.4 Å². The van der Waals surface area contributed by atoms with Crippen molar-refractivity contribution in [2.24, 2.45) is 0 Å².